The number of likely N-dealkylation sites (tertiary alicyclic amines) is 2. The van der Waals surface area contributed by atoms with Crippen molar-refractivity contribution in [1.29, 1.82) is 0 Å². The van der Waals surface area contributed by atoms with Crippen molar-refractivity contribution in [2.45, 2.75) is 50.7 Å². The summed E-state index contributed by atoms with van der Waals surface area (Å²) in [5, 5.41) is 1.77. The lowest BCUT2D eigenvalue weighted by Gasteiger charge is -2.25. The van der Waals surface area contributed by atoms with Crippen molar-refractivity contribution in [3.63, 3.8) is 0 Å². The normalized spacial score (nSPS) is 22.9. The molecule has 0 saturated carbocycles. The van der Waals surface area contributed by atoms with Crippen molar-refractivity contribution in [3.05, 3.63) is 83.7 Å². The molecule has 0 radical (unpaired) electrons. The minimum absolute atomic E-state index is 0.257. The molecule has 2 aromatic carbocycles. The van der Waals surface area contributed by atoms with Gasteiger partial charge in [0.1, 0.15) is 22.8 Å². The Morgan fingerprint density at radius 1 is 0.773 bits per heavy atom. The summed E-state index contributed by atoms with van der Waals surface area (Å²) in [4.78, 5) is 36.1. The SMILES string of the molecule is CC1(OC(=O)/C=C/C(=O)OC2(C)CCN(CCc3c[nH]c4ccc(F)cc34)C2)CCN(CCc2c[nH]c3ccc(F)cc23)C1. The van der Waals surface area contributed by atoms with Crippen LogP contribution >= 0.6 is 0 Å². The molecule has 2 aliphatic heterocycles. The highest BCUT2D eigenvalue weighted by Crippen LogP contribution is 2.28. The number of H-pyrrole nitrogens is 2. The van der Waals surface area contributed by atoms with Gasteiger partial charge in [0.15, 0.2) is 0 Å². The lowest BCUT2D eigenvalue weighted by molar-refractivity contribution is -0.153. The van der Waals surface area contributed by atoms with Crippen molar-refractivity contribution < 1.29 is 27.8 Å². The standard InChI is InChI=1S/C34H38F2N4O4/c1-33(11-15-39(21-33)13-9-23-19-37-29-5-3-25(35)17-27(23)29)43-31(41)7-8-32(42)44-34(2)12-16-40(22-34)14-10-24-20-38-30-6-4-26(36)18-28(24)30/h3-8,17-20,37-38H,9-16,21-22H2,1-2H3/b8-7+. The molecule has 2 aromatic heterocycles. The first-order valence-electron chi connectivity index (χ1n) is 15.2. The predicted octanol–water partition coefficient (Wildman–Crippen LogP) is 5.28. The zero-order valence-corrected chi connectivity index (χ0v) is 25.1. The van der Waals surface area contributed by atoms with E-state index in [1.807, 2.05) is 26.2 Å². The molecule has 8 nitrogen and oxygen atoms in total. The molecule has 2 unspecified atom stereocenters. The number of halogens is 2. The molecule has 0 aliphatic carbocycles. The van der Waals surface area contributed by atoms with E-state index in [4.69, 9.17) is 9.47 Å². The fourth-order valence-electron chi connectivity index (χ4n) is 6.56. The van der Waals surface area contributed by atoms with E-state index in [0.29, 0.717) is 25.9 Å². The molecular weight excluding hydrogens is 566 g/mol. The Kier molecular flexibility index (Phi) is 8.30. The quantitative estimate of drug-likeness (QED) is 0.189. The lowest BCUT2D eigenvalue weighted by atomic mass is 10.1. The second kappa shape index (κ2) is 12.2. The molecule has 4 heterocycles. The van der Waals surface area contributed by atoms with Gasteiger partial charge in [-0.05, 0) is 74.2 Å². The number of benzene rings is 2. The van der Waals surface area contributed by atoms with Crippen LogP contribution in [0.2, 0.25) is 0 Å². The first-order chi connectivity index (χ1) is 21.1. The lowest BCUT2D eigenvalue weighted by Crippen LogP contribution is -2.36. The van der Waals surface area contributed by atoms with E-state index in [0.717, 1.165) is 84.1 Å². The van der Waals surface area contributed by atoms with Gasteiger partial charge >= 0.3 is 11.9 Å². The van der Waals surface area contributed by atoms with Crippen LogP contribution in [0.5, 0.6) is 0 Å². The number of fused-ring (bicyclic) bond motifs is 2. The fraction of sp³-hybridized carbons (Fsp3) is 0.412. The highest BCUT2D eigenvalue weighted by Gasteiger charge is 2.38. The van der Waals surface area contributed by atoms with Crippen LogP contribution in [-0.4, -0.2) is 82.2 Å². The number of hydrogen-bond donors (Lipinski definition) is 2. The molecule has 2 N–H and O–H groups in total. The van der Waals surface area contributed by atoms with Crippen molar-refractivity contribution in [2.75, 3.05) is 39.3 Å². The van der Waals surface area contributed by atoms with E-state index in [1.54, 1.807) is 24.3 Å². The summed E-state index contributed by atoms with van der Waals surface area (Å²) in [5.41, 5.74) is 2.60. The summed E-state index contributed by atoms with van der Waals surface area (Å²) in [5.74, 6) is -1.67. The molecule has 4 aromatic rings. The van der Waals surface area contributed by atoms with Crippen molar-refractivity contribution in [3.8, 4) is 0 Å². The summed E-state index contributed by atoms with van der Waals surface area (Å²) in [6.45, 7) is 8.03. The van der Waals surface area contributed by atoms with Gasteiger partial charge in [0.25, 0.3) is 0 Å². The van der Waals surface area contributed by atoms with Gasteiger partial charge in [0.2, 0.25) is 0 Å². The van der Waals surface area contributed by atoms with Crippen molar-refractivity contribution in [2.24, 2.45) is 0 Å². The Morgan fingerprint density at radius 2 is 1.20 bits per heavy atom. The third-order valence-electron chi connectivity index (χ3n) is 8.93. The summed E-state index contributed by atoms with van der Waals surface area (Å²) in [7, 11) is 0. The topological polar surface area (TPSA) is 90.7 Å². The molecular formula is C34H38F2N4O4. The maximum absolute atomic E-state index is 13.7. The third-order valence-corrected chi connectivity index (χ3v) is 8.93. The number of carbonyl (C=O) groups is 2. The van der Waals surface area contributed by atoms with Gasteiger partial charge in [0, 0.05) is 98.5 Å². The zero-order chi connectivity index (χ0) is 30.9. The largest absolute Gasteiger partial charge is 0.455 e. The molecule has 2 atom stereocenters. The average molecular weight is 605 g/mol. The first-order valence-corrected chi connectivity index (χ1v) is 15.2. The molecule has 10 heteroatoms. The van der Waals surface area contributed by atoms with E-state index in [-0.39, 0.29) is 11.6 Å². The molecule has 0 bridgehead atoms. The minimum Gasteiger partial charge on any atom is -0.455 e. The molecule has 6 rings (SSSR count). The Morgan fingerprint density at radius 3 is 1.64 bits per heavy atom. The van der Waals surface area contributed by atoms with Gasteiger partial charge in [0.05, 0.1) is 0 Å². The Labute approximate surface area is 255 Å². The van der Waals surface area contributed by atoms with E-state index in [1.165, 1.54) is 12.1 Å². The van der Waals surface area contributed by atoms with Gasteiger partial charge in [-0.3, -0.25) is 9.80 Å². The first kappa shape index (κ1) is 30.0. The highest BCUT2D eigenvalue weighted by atomic mass is 19.1. The summed E-state index contributed by atoms with van der Waals surface area (Å²) >= 11 is 0. The van der Waals surface area contributed by atoms with Gasteiger partial charge in [-0.15, -0.1) is 0 Å². The van der Waals surface area contributed by atoms with Crippen LogP contribution in [0.3, 0.4) is 0 Å². The van der Waals surface area contributed by atoms with Crippen molar-refractivity contribution in [1.82, 2.24) is 19.8 Å². The van der Waals surface area contributed by atoms with Gasteiger partial charge < -0.3 is 19.4 Å². The zero-order valence-electron chi connectivity index (χ0n) is 25.1. The van der Waals surface area contributed by atoms with Crippen LogP contribution in [0.25, 0.3) is 21.8 Å². The molecule has 2 fully saturated rings. The van der Waals surface area contributed by atoms with Gasteiger partial charge in [-0.2, -0.15) is 0 Å². The predicted molar refractivity (Wildman–Crippen MR) is 164 cm³/mol. The van der Waals surface area contributed by atoms with Crippen LogP contribution in [-0.2, 0) is 31.9 Å². The second-order valence-corrected chi connectivity index (χ2v) is 12.6. The Bertz CT molecular complexity index is 1590. The summed E-state index contributed by atoms with van der Waals surface area (Å²) < 4.78 is 38.9. The average Bonchev–Trinajstić information content (AvgIpc) is 3.75. The van der Waals surface area contributed by atoms with Crippen LogP contribution in [0.4, 0.5) is 8.78 Å². The van der Waals surface area contributed by atoms with Crippen LogP contribution in [0.1, 0.15) is 37.8 Å². The number of aromatic nitrogens is 2. The Hall–Kier alpha value is -4.02. The molecule has 2 saturated heterocycles. The van der Waals surface area contributed by atoms with E-state index >= 15 is 0 Å². The highest BCUT2D eigenvalue weighted by molar-refractivity contribution is 5.92. The molecule has 44 heavy (non-hydrogen) atoms. The number of nitrogens with zero attached hydrogens (tertiary/aromatic N) is 2. The summed E-state index contributed by atoms with van der Waals surface area (Å²) in [6, 6.07) is 9.47. The van der Waals surface area contributed by atoms with E-state index < -0.39 is 23.1 Å². The van der Waals surface area contributed by atoms with Crippen LogP contribution in [0, 0.1) is 11.6 Å². The summed E-state index contributed by atoms with van der Waals surface area (Å²) in [6.07, 6.45) is 8.98. The number of nitrogens with one attached hydrogen (secondary N) is 2. The number of aromatic amines is 2. The van der Waals surface area contributed by atoms with Gasteiger partial charge in [-0.1, -0.05) is 0 Å². The number of rotatable bonds is 10. The number of hydrogen-bond acceptors (Lipinski definition) is 6. The number of ether oxygens (including phenoxy) is 2. The molecule has 2 aliphatic rings. The minimum atomic E-state index is -0.661. The van der Waals surface area contributed by atoms with Crippen molar-refractivity contribution >= 4 is 33.7 Å². The molecule has 0 spiro atoms. The maximum Gasteiger partial charge on any atom is 0.331 e. The molecule has 232 valence electrons. The number of esters is 2. The second-order valence-electron chi connectivity index (χ2n) is 12.6. The third kappa shape index (κ3) is 6.87. The number of carbonyl (C=O) groups excluding carboxylic acids is 2. The van der Waals surface area contributed by atoms with Crippen LogP contribution < -0.4 is 0 Å². The Balaban J connectivity index is 0.938. The van der Waals surface area contributed by atoms with E-state index in [2.05, 4.69) is 19.8 Å². The fourth-order valence-corrected chi connectivity index (χ4v) is 6.56. The monoisotopic (exact) mass is 604 g/mol. The molecule has 0 amide bonds. The smallest absolute Gasteiger partial charge is 0.331 e. The van der Waals surface area contributed by atoms with Crippen LogP contribution in [0.15, 0.2) is 60.9 Å². The van der Waals surface area contributed by atoms with Gasteiger partial charge in [-0.25, -0.2) is 18.4 Å². The van der Waals surface area contributed by atoms with E-state index in [9.17, 15) is 18.4 Å². The maximum atomic E-state index is 13.7.